The standard InChI is InChI=1S/C14H18N2O2S/c1-9(15)14-10(2)16-13(19-14)8-18-12-6-4-11(17-3)5-7-12/h4-7,9H,8,15H2,1-3H3. The molecule has 0 saturated heterocycles. The number of methoxy groups -OCH3 is 1. The fraction of sp³-hybridized carbons (Fsp3) is 0.357. The average molecular weight is 278 g/mol. The van der Waals surface area contributed by atoms with Gasteiger partial charge in [0.25, 0.3) is 0 Å². The largest absolute Gasteiger partial charge is 0.497 e. The molecule has 0 aliphatic carbocycles. The first-order valence-corrected chi connectivity index (χ1v) is 6.90. The second-order valence-corrected chi connectivity index (χ2v) is 5.43. The van der Waals surface area contributed by atoms with E-state index in [-0.39, 0.29) is 6.04 Å². The Balaban J connectivity index is 1.99. The van der Waals surface area contributed by atoms with Gasteiger partial charge in [-0.2, -0.15) is 0 Å². The van der Waals surface area contributed by atoms with Crippen molar-refractivity contribution < 1.29 is 9.47 Å². The van der Waals surface area contributed by atoms with E-state index in [4.69, 9.17) is 15.2 Å². The molecule has 102 valence electrons. The smallest absolute Gasteiger partial charge is 0.140 e. The fourth-order valence-electron chi connectivity index (χ4n) is 1.77. The van der Waals surface area contributed by atoms with Gasteiger partial charge in [0.15, 0.2) is 0 Å². The van der Waals surface area contributed by atoms with Crippen molar-refractivity contribution in [3.63, 3.8) is 0 Å². The van der Waals surface area contributed by atoms with Crippen LogP contribution in [0, 0.1) is 6.92 Å². The zero-order valence-electron chi connectivity index (χ0n) is 11.3. The number of nitrogens with two attached hydrogens (primary N) is 1. The maximum Gasteiger partial charge on any atom is 0.140 e. The number of aromatic nitrogens is 1. The molecule has 2 N–H and O–H groups in total. The number of hydrogen-bond acceptors (Lipinski definition) is 5. The molecule has 0 bridgehead atoms. The topological polar surface area (TPSA) is 57.4 Å². The molecule has 0 spiro atoms. The minimum atomic E-state index is 0.0206. The van der Waals surface area contributed by atoms with Gasteiger partial charge in [0.05, 0.1) is 12.8 Å². The molecular weight excluding hydrogens is 260 g/mol. The van der Waals surface area contributed by atoms with E-state index in [0.717, 1.165) is 27.1 Å². The van der Waals surface area contributed by atoms with Gasteiger partial charge in [-0.25, -0.2) is 4.98 Å². The van der Waals surface area contributed by atoms with Crippen molar-refractivity contribution in [2.45, 2.75) is 26.5 Å². The second-order valence-electron chi connectivity index (χ2n) is 4.31. The van der Waals surface area contributed by atoms with Gasteiger partial charge in [-0.1, -0.05) is 0 Å². The Morgan fingerprint density at radius 1 is 1.26 bits per heavy atom. The van der Waals surface area contributed by atoms with Crippen LogP contribution >= 0.6 is 11.3 Å². The van der Waals surface area contributed by atoms with Gasteiger partial charge in [0.2, 0.25) is 0 Å². The number of nitrogens with zero attached hydrogens (tertiary/aromatic N) is 1. The van der Waals surface area contributed by atoms with E-state index in [0.29, 0.717) is 6.61 Å². The summed E-state index contributed by atoms with van der Waals surface area (Å²) in [7, 11) is 1.64. The Kier molecular flexibility index (Phi) is 4.39. The van der Waals surface area contributed by atoms with Crippen LogP contribution in [0.3, 0.4) is 0 Å². The number of ether oxygens (including phenoxy) is 2. The number of aryl methyl sites for hydroxylation is 1. The molecular formula is C14H18N2O2S. The lowest BCUT2D eigenvalue weighted by atomic mass is 10.2. The van der Waals surface area contributed by atoms with Crippen LogP contribution in [0.2, 0.25) is 0 Å². The SMILES string of the molecule is COc1ccc(OCc2nc(C)c(C(C)N)s2)cc1. The predicted molar refractivity (Wildman–Crippen MR) is 76.8 cm³/mol. The van der Waals surface area contributed by atoms with Crippen molar-refractivity contribution in [3.8, 4) is 11.5 Å². The van der Waals surface area contributed by atoms with Crippen LogP contribution in [0.1, 0.15) is 28.5 Å². The molecule has 19 heavy (non-hydrogen) atoms. The van der Waals surface area contributed by atoms with Gasteiger partial charge in [-0.3, -0.25) is 0 Å². The van der Waals surface area contributed by atoms with Crippen molar-refractivity contribution in [1.82, 2.24) is 4.98 Å². The first-order valence-electron chi connectivity index (χ1n) is 6.08. The zero-order chi connectivity index (χ0) is 13.8. The van der Waals surface area contributed by atoms with E-state index < -0.39 is 0 Å². The summed E-state index contributed by atoms with van der Waals surface area (Å²) in [6, 6.07) is 7.52. The molecule has 0 aliphatic rings. The number of thiazole rings is 1. The Labute approximate surface area is 117 Å². The van der Waals surface area contributed by atoms with Crippen molar-refractivity contribution >= 4 is 11.3 Å². The third-order valence-electron chi connectivity index (χ3n) is 2.71. The van der Waals surface area contributed by atoms with Gasteiger partial charge in [0.1, 0.15) is 23.1 Å². The van der Waals surface area contributed by atoms with E-state index in [1.165, 1.54) is 0 Å². The maximum atomic E-state index is 5.88. The highest BCUT2D eigenvalue weighted by Gasteiger charge is 2.11. The zero-order valence-corrected chi connectivity index (χ0v) is 12.2. The summed E-state index contributed by atoms with van der Waals surface area (Å²) in [5.41, 5.74) is 6.88. The van der Waals surface area contributed by atoms with Gasteiger partial charge in [0, 0.05) is 10.9 Å². The highest BCUT2D eigenvalue weighted by molar-refractivity contribution is 7.11. The van der Waals surface area contributed by atoms with Gasteiger partial charge < -0.3 is 15.2 Å². The summed E-state index contributed by atoms with van der Waals surface area (Å²) in [6.45, 7) is 4.41. The Morgan fingerprint density at radius 3 is 2.42 bits per heavy atom. The molecule has 0 saturated carbocycles. The van der Waals surface area contributed by atoms with E-state index in [1.54, 1.807) is 18.4 Å². The lowest BCUT2D eigenvalue weighted by Gasteiger charge is -2.05. The van der Waals surface area contributed by atoms with Crippen LogP contribution < -0.4 is 15.2 Å². The first kappa shape index (κ1) is 13.8. The summed E-state index contributed by atoms with van der Waals surface area (Å²) in [4.78, 5) is 5.59. The third kappa shape index (κ3) is 3.45. The van der Waals surface area contributed by atoms with Crippen LogP contribution in [-0.4, -0.2) is 12.1 Å². The maximum absolute atomic E-state index is 5.88. The van der Waals surface area contributed by atoms with Crippen LogP contribution in [-0.2, 0) is 6.61 Å². The molecule has 1 heterocycles. The number of benzene rings is 1. The molecule has 0 amide bonds. The summed E-state index contributed by atoms with van der Waals surface area (Å²) >= 11 is 1.61. The summed E-state index contributed by atoms with van der Waals surface area (Å²) < 4.78 is 10.8. The Hall–Kier alpha value is -1.59. The minimum absolute atomic E-state index is 0.0206. The molecule has 0 radical (unpaired) electrons. The fourth-order valence-corrected chi connectivity index (χ4v) is 2.70. The van der Waals surface area contributed by atoms with Crippen molar-refractivity contribution in [2.24, 2.45) is 5.73 Å². The molecule has 4 nitrogen and oxygen atoms in total. The third-order valence-corrected chi connectivity index (χ3v) is 4.04. The lowest BCUT2D eigenvalue weighted by molar-refractivity contribution is 0.304. The molecule has 1 aromatic heterocycles. The quantitative estimate of drug-likeness (QED) is 0.913. The molecule has 1 aromatic carbocycles. The second kappa shape index (κ2) is 6.04. The highest BCUT2D eigenvalue weighted by Crippen LogP contribution is 2.25. The first-order chi connectivity index (χ1) is 9.10. The number of rotatable bonds is 5. The van der Waals surface area contributed by atoms with Crippen LogP contribution in [0.5, 0.6) is 11.5 Å². The van der Waals surface area contributed by atoms with Crippen LogP contribution in [0.25, 0.3) is 0 Å². The van der Waals surface area contributed by atoms with Gasteiger partial charge in [-0.15, -0.1) is 11.3 Å². The molecule has 0 fully saturated rings. The molecule has 1 atom stereocenters. The Morgan fingerprint density at radius 2 is 1.89 bits per heavy atom. The van der Waals surface area contributed by atoms with Crippen LogP contribution in [0.15, 0.2) is 24.3 Å². The van der Waals surface area contributed by atoms with Crippen molar-refractivity contribution in [3.05, 3.63) is 39.8 Å². The van der Waals surface area contributed by atoms with E-state index in [1.807, 2.05) is 38.1 Å². The molecule has 0 aliphatic heterocycles. The van der Waals surface area contributed by atoms with E-state index >= 15 is 0 Å². The summed E-state index contributed by atoms with van der Waals surface area (Å²) in [6.07, 6.45) is 0. The van der Waals surface area contributed by atoms with Crippen molar-refractivity contribution in [2.75, 3.05) is 7.11 Å². The van der Waals surface area contributed by atoms with E-state index in [9.17, 15) is 0 Å². The molecule has 2 aromatic rings. The van der Waals surface area contributed by atoms with Gasteiger partial charge >= 0.3 is 0 Å². The summed E-state index contributed by atoms with van der Waals surface area (Å²) in [5.74, 6) is 1.62. The van der Waals surface area contributed by atoms with Gasteiger partial charge in [-0.05, 0) is 38.1 Å². The van der Waals surface area contributed by atoms with Crippen LogP contribution in [0.4, 0.5) is 0 Å². The lowest BCUT2D eigenvalue weighted by Crippen LogP contribution is -2.03. The Bertz CT molecular complexity index is 535. The van der Waals surface area contributed by atoms with E-state index in [2.05, 4.69) is 4.98 Å². The molecule has 5 heteroatoms. The summed E-state index contributed by atoms with van der Waals surface area (Å²) in [5, 5.41) is 0.945. The normalized spacial score (nSPS) is 12.2. The monoisotopic (exact) mass is 278 g/mol. The van der Waals surface area contributed by atoms with Crippen molar-refractivity contribution in [1.29, 1.82) is 0 Å². The average Bonchev–Trinajstić information content (AvgIpc) is 2.78. The highest BCUT2D eigenvalue weighted by atomic mass is 32.1. The molecule has 2 rings (SSSR count). The predicted octanol–water partition coefficient (Wildman–Crippen LogP) is 3.06. The molecule has 1 unspecified atom stereocenters. The minimum Gasteiger partial charge on any atom is -0.497 e. The number of hydrogen-bond donors (Lipinski definition) is 1.